The molecule has 0 radical (unpaired) electrons. The van der Waals surface area contributed by atoms with Crippen molar-refractivity contribution in [3.8, 4) is 0 Å². The second-order valence-electron chi connectivity index (χ2n) is 5.33. The van der Waals surface area contributed by atoms with Crippen LogP contribution in [-0.4, -0.2) is 23.7 Å². The molecular formula is C14H16ClNO2. The molecule has 4 heteroatoms. The third-order valence-corrected chi connectivity index (χ3v) is 4.45. The van der Waals surface area contributed by atoms with Gasteiger partial charge in [0.05, 0.1) is 6.10 Å². The number of aliphatic hydroxyl groups is 1. The Hall–Kier alpha value is -1.06. The number of carbonyl (C=O) groups excluding carboxylic acids is 1. The number of benzene rings is 1. The SMILES string of the molecule is O=C(NC[C@@H]1[C@H]2C[C@@H](O)C[C@@H]12)c1ccc(Cl)cc1. The zero-order valence-corrected chi connectivity index (χ0v) is 10.7. The van der Waals surface area contributed by atoms with Gasteiger partial charge in [0.25, 0.3) is 5.91 Å². The second kappa shape index (κ2) is 4.56. The summed E-state index contributed by atoms with van der Waals surface area (Å²) in [6.07, 6.45) is 1.71. The van der Waals surface area contributed by atoms with Crippen LogP contribution in [0.15, 0.2) is 24.3 Å². The maximum absolute atomic E-state index is 11.9. The molecule has 2 aliphatic rings. The molecule has 0 aromatic heterocycles. The molecule has 96 valence electrons. The minimum Gasteiger partial charge on any atom is -0.393 e. The highest BCUT2D eigenvalue weighted by Crippen LogP contribution is 2.57. The van der Waals surface area contributed by atoms with Crippen molar-refractivity contribution in [2.24, 2.45) is 17.8 Å². The van der Waals surface area contributed by atoms with Gasteiger partial charge < -0.3 is 10.4 Å². The van der Waals surface area contributed by atoms with Crippen LogP contribution in [0.2, 0.25) is 5.02 Å². The number of hydrogen-bond acceptors (Lipinski definition) is 2. The predicted octanol–water partition coefficient (Wildman–Crippen LogP) is 2.09. The molecular weight excluding hydrogens is 250 g/mol. The highest BCUT2D eigenvalue weighted by molar-refractivity contribution is 6.30. The van der Waals surface area contributed by atoms with Gasteiger partial charge in [-0.1, -0.05) is 11.6 Å². The van der Waals surface area contributed by atoms with E-state index in [1.165, 1.54) is 0 Å². The minimum atomic E-state index is -0.108. The molecule has 3 rings (SSSR count). The van der Waals surface area contributed by atoms with Gasteiger partial charge in [0.15, 0.2) is 0 Å². The number of halogens is 1. The molecule has 0 saturated heterocycles. The summed E-state index contributed by atoms with van der Waals surface area (Å²) in [4.78, 5) is 11.9. The normalized spacial score (nSPS) is 33.0. The molecule has 2 aliphatic carbocycles. The molecule has 0 spiro atoms. The smallest absolute Gasteiger partial charge is 0.251 e. The molecule has 2 N–H and O–H groups in total. The first kappa shape index (κ1) is 12.0. The zero-order chi connectivity index (χ0) is 12.7. The fourth-order valence-electron chi connectivity index (χ4n) is 3.16. The van der Waals surface area contributed by atoms with Gasteiger partial charge in [0.1, 0.15) is 0 Å². The van der Waals surface area contributed by atoms with E-state index in [1.54, 1.807) is 24.3 Å². The van der Waals surface area contributed by atoms with E-state index in [0.717, 1.165) is 19.4 Å². The van der Waals surface area contributed by atoms with Gasteiger partial charge in [-0.15, -0.1) is 0 Å². The van der Waals surface area contributed by atoms with Gasteiger partial charge >= 0.3 is 0 Å². The summed E-state index contributed by atoms with van der Waals surface area (Å²) in [5, 5.41) is 13.0. The Morgan fingerprint density at radius 2 is 1.89 bits per heavy atom. The average molecular weight is 266 g/mol. The summed E-state index contributed by atoms with van der Waals surface area (Å²) in [7, 11) is 0. The number of nitrogens with one attached hydrogen (secondary N) is 1. The highest BCUT2D eigenvalue weighted by atomic mass is 35.5. The molecule has 4 atom stereocenters. The number of amides is 1. The van der Waals surface area contributed by atoms with Crippen LogP contribution in [0.3, 0.4) is 0 Å². The molecule has 1 aromatic carbocycles. The highest BCUT2D eigenvalue weighted by Gasteiger charge is 2.55. The standard InChI is InChI=1S/C14H16ClNO2/c15-9-3-1-8(2-4-9)14(18)16-7-13-11-5-10(17)6-12(11)13/h1-4,10-13,17H,5-7H2,(H,16,18)/t10-,11+,12-,13-. The van der Waals surface area contributed by atoms with Crippen molar-refractivity contribution in [3.63, 3.8) is 0 Å². The zero-order valence-electron chi connectivity index (χ0n) is 9.97. The molecule has 2 fully saturated rings. The fraction of sp³-hybridized carbons (Fsp3) is 0.500. The maximum Gasteiger partial charge on any atom is 0.251 e. The Bertz CT molecular complexity index is 447. The van der Waals surface area contributed by atoms with Crippen molar-refractivity contribution in [2.45, 2.75) is 18.9 Å². The van der Waals surface area contributed by atoms with Crippen LogP contribution in [0.5, 0.6) is 0 Å². The molecule has 0 bridgehead atoms. The maximum atomic E-state index is 11.9. The summed E-state index contributed by atoms with van der Waals surface area (Å²) in [6.45, 7) is 0.726. The quantitative estimate of drug-likeness (QED) is 0.879. The summed E-state index contributed by atoms with van der Waals surface area (Å²) in [5.74, 6) is 1.79. The largest absolute Gasteiger partial charge is 0.393 e. The Kier molecular flexibility index (Phi) is 3.04. The van der Waals surface area contributed by atoms with Crippen LogP contribution in [0.25, 0.3) is 0 Å². The van der Waals surface area contributed by atoms with E-state index < -0.39 is 0 Å². The van der Waals surface area contributed by atoms with Gasteiger partial charge in [0.2, 0.25) is 0 Å². The Labute approximate surface area is 111 Å². The molecule has 0 heterocycles. The van der Waals surface area contributed by atoms with Crippen molar-refractivity contribution < 1.29 is 9.90 Å². The number of carbonyl (C=O) groups is 1. The van der Waals surface area contributed by atoms with Gasteiger partial charge in [-0.05, 0) is 54.9 Å². The van der Waals surface area contributed by atoms with Crippen LogP contribution in [0.1, 0.15) is 23.2 Å². The van der Waals surface area contributed by atoms with Crippen molar-refractivity contribution >= 4 is 17.5 Å². The summed E-state index contributed by atoms with van der Waals surface area (Å²) >= 11 is 5.78. The van der Waals surface area contributed by atoms with E-state index in [-0.39, 0.29) is 12.0 Å². The topological polar surface area (TPSA) is 49.3 Å². The van der Waals surface area contributed by atoms with E-state index >= 15 is 0 Å². The second-order valence-corrected chi connectivity index (χ2v) is 5.77. The molecule has 3 nitrogen and oxygen atoms in total. The number of hydrogen-bond donors (Lipinski definition) is 2. The first-order chi connectivity index (χ1) is 8.65. The molecule has 1 aromatic rings. The van der Waals surface area contributed by atoms with E-state index in [0.29, 0.717) is 28.3 Å². The molecule has 18 heavy (non-hydrogen) atoms. The molecule has 1 amide bonds. The lowest BCUT2D eigenvalue weighted by Gasteiger charge is -2.09. The van der Waals surface area contributed by atoms with Gasteiger partial charge in [-0.2, -0.15) is 0 Å². The number of aliphatic hydroxyl groups excluding tert-OH is 1. The van der Waals surface area contributed by atoms with Crippen LogP contribution in [0, 0.1) is 17.8 Å². The molecule has 2 saturated carbocycles. The molecule has 0 aliphatic heterocycles. The van der Waals surface area contributed by atoms with Crippen LogP contribution >= 0.6 is 11.6 Å². The minimum absolute atomic E-state index is 0.0443. The van der Waals surface area contributed by atoms with E-state index in [1.807, 2.05) is 0 Å². The van der Waals surface area contributed by atoms with Gasteiger partial charge in [0, 0.05) is 17.1 Å². The summed E-state index contributed by atoms with van der Waals surface area (Å²) < 4.78 is 0. The Balaban J connectivity index is 1.50. The lowest BCUT2D eigenvalue weighted by molar-refractivity contribution is 0.0948. The first-order valence-corrected chi connectivity index (χ1v) is 6.75. The van der Waals surface area contributed by atoms with Crippen molar-refractivity contribution in [1.29, 1.82) is 0 Å². The third kappa shape index (κ3) is 2.25. The Morgan fingerprint density at radius 1 is 1.28 bits per heavy atom. The predicted molar refractivity (Wildman–Crippen MR) is 69.5 cm³/mol. The van der Waals surface area contributed by atoms with Crippen molar-refractivity contribution in [2.75, 3.05) is 6.54 Å². The number of rotatable bonds is 3. The van der Waals surface area contributed by atoms with E-state index in [9.17, 15) is 9.90 Å². The first-order valence-electron chi connectivity index (χ1n) is 6.37. The van der Waals surface area contributed by atoms with Crippen LogP contribution < -0.4 is 5.32 Å². The van der Waals surface area contributed by atoms with Crippen molar-refractivity contribution in [1.82, 2.24) is 5.32 Å². The van der Waals surface area contributed by atoms with Gasteiger partial charge in [-0.25, -0.2) is 0 Å². The lowest BCUT2D eigenvalue weighted by Crippen LogP contribution is -2.27. The van der Waals surface area contributed by atoms with E-state index in [2.05, 4.69) is 5.32 Å². The summed E-state index contributed by atoms with van der Waals surface area (Å²) in [6, 6.07) is 6.90. The van der Waals surface area contributed by atoms with Crippen LogP contribution in [-0.2, 0) is 0 Å². The third-order valence-electron chi connectivity index (χ3n) is 4.20. The summed E-state index contributed by atoms with van der Waals surface area (Å²) in [5.41, 5.74) is 0.644. The van der Waals surface area contributed by atoms with Crippen LogP contribution in [0.4, 0.5) is 0 Å². The average Bonchev–Trinajstić information content (AvgIpc) is 2.81. The lowest BCUT2D eigenvalue weighted by atomic mass is 10.1. The Morgan fingerprint density at radius 3 is 2.50 bits per heavy atom. The fourth-order valence-corrected chi connectivity index (χ4v) is 3.29. The number of fused-ring (bicyclic) bond motifs is 1. The molecule has 0 unspecified atom stereocenters. The van der Waals surface area contributed by atoms with E-state index in [4.69, 9.17) is 11.6 Å². The monoisotopic (exact) mass is 265 g/mol. The van der Waals surface area contributed by atoms with Gasteiger partial charge in [-0.3, -0.25) is 4.79 Å². The van der Waals surface area contributed by atoms with Crippen molar-refractivity contribution in [3.05, 3.63) is 34.9 Å².